The second-order valence-electron chi connectivity index (χ2n) is 5.33. The second-order valence-corrected chi connectivity index (χ2v) is 6.13. The fourth-order valence-corrected chi connectivity index (χ4v) is 3.91. The molecule has 1 fully saturated rings. The van der Waals surface area contributed by atoms with Gasteiger partial charge in [-0.2, -0.15) is 0 Å². The standard InChI is InChI=1S/C15H20BrNO2/c1-2-12-11(6-10-4-3-5-17-8-10)7-13-15(14(12)16)19-9-18-13/h7,10,17H,2-6,8-9H2,1H3. The van der Waals surface area contributed by atoms with Crippen molar-refractivity contribution in [3.05, 3.63) is 21.7 Å². The predicted octanol–water partition coefficient (Wildman–Crippen LogP) is 3.28. The first-order chi connectivity index (χ1) is 9.29. The second kappa shape index (κ2) is 5.71. The van der Waals surface area contributed by atoms with Gasteiger partial charge in [0.1, 0.15) is 0 Å². The van der Waals surface area contributed by atoms with Crippen molar-refractivity contribution in [2.75, 3.05) is 19.9 Å². The zero-order valence-corrected chi connectivity index (χ0v) is 12.9. The van der Waals surface area contributed by atoms with Crippen molar-refractivity contribution >= 4 is 15.9 Å². The summed E-state index contributed by atoms with van der Waals surface area (Å²) in [6.45, 7) is 4.84. The van der Waals surface area contributed by atoms with Gasteiger partial charge in [-0.25, -0.2) is 0 Å². The van der Waals surface area contributed by atoms with E-state index in [1.807, 2.05) is 0 Å². The number of fused-ring (bicyclic) bond motifs is 1. The van der Waals surface area contributed by atoms with Crippen LogP contribution in [0.1, 0.15) is 30.9 Å². The molecule has 3 nitrogen and oxygen atoms in total. The molecule has 1 aromatic rings. The first-order valence-electron chi connectivity index (χ1n) is 7.10. The van der Waals surface area contributed by atoms with Gasteiger partial charge < -0.3 is 14.8 Å². The van der Waals surface area contributed by atoms with E-state index in [2.05, 4.69) is 34.2 Å². The fraction of sp³-hybridized carbons (Fsp3) is 0.600. The molecule has 2 heterocycles. The third-order valence-corrected chi connectivity index (χ3v) is 4.90. The van der Waals surface area contributed by atoms with Crippen LogP contribution in [-0.2, 0) is 12.8 Å². The van der Waals surface area contributed by atoms with Crippen LogP contribution in [0.25, 0.3) is 0 Å². The van der Waals surface area contributed by atoms with Crippen LogP contribution < -0.4 is 14.8 Å². The minimum absolute atomic E-state index is 0.339. The lowest BCUT2D eigenvalue weighted by Gasteiger charge is -2.24. The van der Waals surface area contributed by atoms with Gasteiger partial charge in [-0.05, 0) is 77.8 Å². The van der Waals surface area contributed by atoms with E-state index in [-0.39, 0.29) is 0 Å². The van der Waals surface area contributed by atoms with E-state index in [1.54, 1.807) is 0 Å². The molecule has 3 rings (SSSR count). The van der Waals surface area contributed by atoms with E-state index in [9.17, 15) is 0 Å². The average molecular weight is 326 g/mol. The van der Waals surface area contributed by atoms with Gasteiger partial charge in [0.2, 0.25) is 6.79 Å². The summed E-state index contributed by atoms with van der Waals surface area (Å²) in [7, 11) is 0. The van der Waals surface area contributed by atoms with E-state index in [0.717, 1.165) is 41.3 Å². The summed E-state index contributed by atoms with van der Waals surface area (Å²) in [5.74, 6) is 2.51. The highest BCUT2D eigenvalue weighted by Gasteiger charge is 2.24. The van der Waals surface area contributed by atoms with Gasteiger partial charge in [0.05, 0.1) is 4.47 Å². The predicted molar refractivity (Wildman–Crippen MR) is 78.9 cm³/mol. The summed E-state index contributed by atoms with van der Waals surface area (Å²) < 4.78 is 12.2. The molecule has 0 spiro atoms. The zero-order valence-electron chi connectivity index (χ0n) is 11.3. The molecular weight excluding hydrogens is 306 g/mol. The smallest absolute Gasteiger partial charge is 0.231 e. The van der Waals surface area contributed by atoms with E-state index in [4.69, 9.17) is 9.47 Å². The minimum Gasteiger partial charge on any atom is -0.454 e. The third-order valence-electron chi connectivity index (χ3n) is 4.06. The van der Waals surface area contributed by atoms with Crippen molar-refractivity contribution in [3.63, 3.8) is 0 Å². The topological polar surface area (TPSA) is 30.5 Å². The van der Waals surface area contributed by atoms with Gasteiger partial charge in [-0.15, -0.1) is 0 Å². The molecule has 2 aliphatic rings. The lowest BCUT2D eigenvalue weighted by Crippen LogP contribution is -2.31. The number of nitrogens with one attached hydrogen (secondary N) is 1. The quantitative estimate of drug-likeness (QED) is 0.925. The Hall–Kier alpha value is -0.740. The maximum absolute atomic E-state index is 5.54. The van der Waals surface area contributed by atoms with Crippen molar-refractivity contribution in [2.24, 2.45) is 5.92 Å². The fourth-order valence-electron chi connectivity index (χ4n) is 3.06. The molecule has 0 aliphatic carbocycles. The monoisotopic (exact) mass is 325 g/mol. The summed E-state index contributed by atoms with van der Waals surface area (Å²) in [5, 5.41) is 3.49. The van der Waals surface area contributed by atoms with Crippen LogP contribution >= 0.6 is 15.9 Å². The molecular formula is C15H20BrNO2. The lowest BCUT2D eigenvalue weighted by atomic mass is 9.89. The molecule has 0 bridgehead atoms. The zero-order chi connectivity index (χ0) is 13.2. The normalized spacial score (nSPS) is 21.7. The number of benzene rings is 1. The van der Waals surface area contributed by atoms with Crippen LogP contribution in [0.2, 0.25) is 0 Å². The van der Waals surface area contributed by atoms with Crippen molar-refractivity contribution in [1.29, 1.82) is 0 Å². The van der Waals surface area contributed by atoms with Crippen LogP contribution in [0.3, 0.4) is 0 Å². The SMILES string of the molecule is CCc1c(CC2CCCNC2)cc2c(c1Br)OCO2. The maximum Gasteiger partial charge on any atom is 0.231 e. The highest BCUT2D eigenvalue weighted by Crippen LogP contribution is 2.43. The van der Waals surface area contributed by atoms with Crippen molar-refractivity contribution in [2.45, 2.75) is 32.6 Å². The Morgan fingerprint density at radius 3 is 3.05 bits per heavy atom. The number of rotatable bonds is 3. The van der Waals surface area contributed by atoms with E-state index >= 15 is 0 Å². The summed E-state index contributed by atoms with van der Waals surface area (Å²) in [6.07, 6.45) is 4.76. The maximum atomic E-state index is 5.54. The molecule has 2 aliphatic heterocycles. The van der Waals surface area contributed by atoms with Gasteiger partial charge >= 0.3 is 0 Å². The summed E-state index contributed by atoms with van der Waals surface area (Å²) in [4.78, 5) is 0. The molecule has 104 valence electrons. The summed E-state index contributed by atoms with van der Waals surface area (Å²) >= 11 is 3.69. The highest BCUT2D eigenvalue weighted by molar-refractivity contribution is 9.10. The van der Waals surface area contributed by atoms with Crippen LogP contribution in [0.5, 0.6) is 11.5 Å². The Bertz CT molecular complexity index is 470. The molecule has 1 unspecified atom stereocenters. The van der Waals surface area contributed by atoms with Gasteiger partial charge in [-0.3, -0.25) is 0 Å². The van der Waals surface area contributed by atoms with Crippen LogP contribution in [0.15, 0.2) is 10.5 Å². The van der Waals surface area contributed by atoms with E-state index in [0.29, 0.717) is 6.79 Å². The van der Waals surface area contributed by atoms with Crippen molar-refractivity contribution in [3.8, 4) is 11.5 Å². The molecule has 1 saturated heterocycles. The number of ether oxygens (including phenoxy) is 2. The Morgan fingerprint density at radius 2 is 2.32 bits per heavy atom. The molecule has 0 amide bonds. The lowest BCUT2D eigenvalue weighted by molar-refractivity contribution is 0.173. The summed E-state index contributed by atoms with van der Waals surface area (Å²) in [6, 6.07) is 2.18. The number of halogens is 1. The average Bonchev–Trinajstić information content (AvgIpc) is 2.89. The molecule has 1 atom stereocenters. The Balaban J connectivity index is 1.89. The van der Waals surface area contributed by atoms with Crippen molar-refractivity contribution < 1.29 is 9.47 Å². The van der Waals surface area contributed by atoms with Crippen LogP contribution in [0.4, 0.5) is 0 Å². The Labute approximate surface area is 122 Å². The highest BCUT2D eigenvalue weighted by atomic mass is 79.9. The molecule has 1 aromatic carbocycles. The molecule has 0 saturated carbocycles. The Morgan fingerprint density at radius 1 is 1.42 bits per heavy atom. The minimum atomic E-state index is 0.339. The third kappa shape index (κ3) is 2.61. The number of hydrogen-bond acceptors (Lipinski definition) is 3. The van der Waals surface area contributed by atoms with Crippen LogP contribution in [0, 0.1) is 5.92 Å². The molecule has 19 heavy (non-hydrogen) atoms. The molecule has 4 heteroatoms. The molecule has 0 aromatic heterocycles. The van der Waals surface area contributed by atoms with Gasteiger partial charge in [-0.1, -0.05) is 6.92 Å². The van der Waals surface area contributed by atoms with E-state index < -0.39 is 0 Å². The summed E-state index contributed by atoms with van der Waals surface area (Å²) in [5.41, 5.74) is 2.78. The Kier molecular flexibility index (Phi) is 3.99. The number of hydrogen-bond donors (Lipinski definition) is 1. The van der Waals surface area contributed by atoms with Gasteiger partial charge in [0, 0.05) is 0 Å². The first kappa shape index (κ1) is 13.3. The number of piperidine rings is 1. The van der Waals surface area contributed by atoms with Gasteiger partial charge in [0.25, 0.3) is 0 Å². The van der Waals surface area contributed by atoms with Gasteiger partial charge in [0.15, 0.2) is 11.5 Å². The molecule has 0 radical (unpaired) electrons. The first-order valence-corrected chi connectivity index (χ1v) is 7.89. The van der Waals surface area contributed by atoms with E-state index in [1.165, 1.54) is 30.5 Å². The van der Waals surface area contributed by atoms with Crippen LogP contribution in [-0.4, -0.2) is 19.9 Å². The van der Waals surface area contributed by atoms with Crippen molar-refractivity contribution in [1.82, 2.24) is 5.32 Å². The molecule has 1 N–H and O–H groups in total. The largest absolute Gasteiger partial charge is 0.454 e.